The Labute approximate surface area is 96.3 Å². The fourth-order valence-corrected chi connectivity index (χ4v) is 1.50. The molecule has 2 atom stereocenters. The Morgan fingerprint density at radius 1 is 1.50 bits per heavy atom. The van der Waals surface area contributed by atoms with Crippen LogP contribution in [0.25, 0.3) is 0 Å². The largest absolute Gasteiger partial charge is 0.348 e. The first-order chi connectivity index (χ1) is 7.65. The lowest BCUT2D eigenvalue weighted by molar-refractivity contribution is -0.123. The summed E-state index contributed by atoms with van der Waals surface area (Å²) in [5.41, 5.74) is 6.76. The number of hydrogen-bond acceptors (Lipinski definition) is 3. The molecule has 3 N–H and O–H groups in total. The first kappa shape index (κ1) is 12.6. The van der Waals surface area contributed by atoms with Crippen LogP contribution in [0.2, 0.25) is 0 Å². The van der Waals surface area contributed by atoms with Gasteiger partial charge in [0.15, 0.2) is 0 Å². The normalized spacial score (nSPS) is 14.2. The second-order valence-electron chi connectivity index (χ2n) is 3.91. The maximum absolute atomic E-state index is 11.7. The van der Waals surface area contributed by atoms with Crippen molar-refractivity contribution in [2.75, 3.05) is 0 Å². The minimum Gasteiger partial charge on any atom is -0.348 e. The zero-order valence-electron chi connectivity index (χ0n) is 9.81. The van der Waals surface area contributed by atoms with Crippen LogP contribution in [-0.4, -0.2) is 16.9 Å². The van der Waals surface area contributed by atoms with E-state index in [9.17, 15) is 4.79 Å². The molecule has 0 bridgehead atoms. The van der Waals surface area contributed by atoms with E-state index in [0.717, 1.165) is 18.4 Å². The maximum Gasteiger partial charge on any atom is 0.237 e. The van der Waals surface area contributed by atoms with Crippen molar-refractivity contribution in [3.8, 4) is 0 Å². The van der Waals surface area contributed by atoms with Crippen molar-refractivity contribution < 1.29 is 4.79 Å². The SMILES string of the molecule is CCCC(N)C(=O)NC(C)c1ccncc1. The molecule has 0 aromatic carbocycles. The topological polar surface area (TPSA) is 68.0 Å². The predicted molar refractivity (Wildman–Crippen MR) is 63.7 cm³/mol. The standard InChI is InChI=1S/C12H19N3O/c1-3-4-11(13)12(16)15-9(2)10-5-7-14-8-6-10/h5-9,11H,3-4,13H2,1-2H3,(H,15,16). The highest BCUT2D eigenvalue weighted by atomic mass is 16.2. The Bertz CT molecular complexity index is 326. The van der Waals surface area contributed by atoms with E-state index >= 15 is 0 Å². The maximum atomic E-state index is 11.7. The van der Waals surface area contributed by atoms with Crippen LogP contribution in [0, 0.1) is 0 Å². The molecule has 0 saturated heterocycles. The summed E-state index contributed by atoms with van der Waals surface area (Å²) >= 11 is 0. The van der Waals surface area contributed by atoms with Crippen LogP contribution in [-0.2, 0) is 4.79 Å². The fraction of sp³-hybridized carbons (Fsp3) is 0.500. The summed E-state index contributed by atoms with van der Waals surface area (Å²) in [6, 6.07) is 3.33. The summed E-state index contributed by atoms with van der Waals surface area (Å²) in [4.78, 5) is 15.6. The smallest absolute Gasteiger partial charge is 0.237 e. The number of pyridine rings is 1. The minimum absolute atomic E-state index is 0.0293. The molecule has 0 aliphatic carbocycles. The lowest BCUT2D eigenvalue weighted by Gasteiger charge is -2.17. The van der Waals surface area contributed by atoms with Gasteiger partial charge in [-0.1, -0.05) is 13.3 Å². The van der Waals surface area contributed by atoms with E-state index in [1.165, 1.54) is 0 Å². The first-order valence-electron chi connectivity index (χ1n) is 5.61. The second kappa shape index (κ2) is 6.23. The van der Waals surface area contributed by atoms with E-state index in [2.05, 4.69) is 10.3 Å². The number of aromatic nitrogens is 1. The van der Waals surface area contributed by atoms with Gasteiger partial charge >= 0.3 is 0 Å². The van der Waals surface area contributed by atoms with E-state index < -0.39 is 6.04 Å². The number of nitrogens with zero attached hydrogens (tertiary/aromatic N) is 1. The van der Waals surface area contributed by atoms with Crippen LogP contribution in [0.1, 0.15) is 38.3 Å². The summed E-state index contributed by atoms with van der Waals surface area (Å²) in [5, 5.41) is 2.89. The van der Waals surface area contributed by atoms with E-state index in [4.69, 9.17) is 5.73 Å². The highest BCUT2D eigenvalue weighted by Crippen LogP contribution is 2.10. The molecule has 0 fully saturated rings. The average Bonchev–Trinajstić information content (AvgIpc) is 2.30. The van der Waals surface area contributed by atoms with Crippen LogP contribution in [0.15, 0.2) is 24.5 Å². The highest BCUT2D eigenvalue weighted by molar-refractivity contribution is 5.81. The molecule has 2 unspecified atom stereocenters. The summed E-state index contributed by atoms with van der Waals surface area (Å²) in [5.74, 6) is -0.0915. The van der Waals surface area contributed by atoms with Crippen molar-refractivity contribution >= 4 is 5.91 Å². The number of carbonyl (C=O) groups is 1. The number of nitrogens with one attached hydrogen (secondary N) is 1. The Morgan fingerprint density at radius 2 is 2.12 bits per heavy atom. The first-order valence-corrected chi connectivity index (χ1v) is 5.61. The van der Waals surface area contributed by atoms with Crippen LogP contribution in [0.4, 0.5) is 0 Å². The molecule has 1 aromatic rings. The molecule has 0 aliphatic rings. The average molecular weight is 221 g/mol. The lowest BCUT2D eigenvalue weighted by Crippen LogP contribution is -2.41. The predicted octanol–water partition coefficient (Wildman–Crippen LogP) is 1.39. The van der Waals surface area contributed by atoms with Crippen molar-refractivity contribution in [3.05, 3.63) is 30.1 Å². The Balaban J connectivity index is 2.51. The van der Waals surface area contributed by atoms with Gasteiger partial charge in [0.05, 0.1) is 12.1 Å². The van der Waals surface area contributed by atoms with Crippen LogP contribution < -0.4 is 11.1 Å². The van der Waals surface area contributed by atoms with Gasteiger partial charge in [0.2, 0.25) is 5.91 Å². The van der Waals surface area contributed by atoms with E-state index in [1.807, 2.05) is 26.0 Å². The van der Waals surface area contributed by atoms with Gasteiger partial charge in [-0.3, -0.25) is 9.78 Å². The van der Waals surface area contributed by atoms with Gasteiger partial charge in [-0.15, -0.1) is 0 Å². The summed E-state index contributed by atoms with van der Waals surface area (Å²) in [6.45, 7) is 3.95. The number of amides is 1. The van der Waals surface area contributed by atoms with Gasteiger partial charge < -0.3 is 11.1 Å². The monoisotopic (exact) mass is 221 g/mol. The third-order valence-electron chi connectivity index (χ3n) is 2.50. The van der Waals surface area contributed by atoms with E-state index in [-0.39, 0.29) is 11.9 Å². The number of nitrogens with two attached hydrogens (primary N) is 1. The molecule has 88 valence electrons. The van der Waals surface area contributed by atoms with Gasteiger partial charge in [0, 0.05) is 12.4 Å². The van der Waals surface area contributed by atoms with E-state index in [1.54, 1.807) is 12.4 Å². The molecule has 16 heavy (non-hydrogen) atoms. The van der Waals surface area contributed by atoms with Crippen molar-refractivity contribution in [1.82, 2.24) is 10.3 Å². The quantitative estimate of drug-likeness (QED) is 0.789. The molecule has 1 amide bonds. The van der Waals surface area contributed by atoms with Gasteiger partial charge in [-0.2, -0.15) is 0 Å². The van der Waals surface area contributed by atoms with Crippen molar-refractivity contribution in [1.29, 1.82) is 0 Å². The van der Waals surface area contributed by atoms with Crippen LogP contribution in [0.5, 0.6) is 0 Å². The van der Waals surface area contributed by atoms with E-state index in [0.29, 0.717) is 0 Å². The van der Waals surface area contributed by atoms with Crippen LogP contribution >= 0.6 is 0 Å². The Morgan fingerprint density at radius 3 is 2.69 bits per heavy atom. The summed E-state index contributed by atoms with van der Waals surface area (Å²) < 4.78 is 0. The Hall–Kier alpha value is -1.42. The fourth-order valence-electron chi connectivity index (χ4n) is 1.50. The zero-order valence-corrected chi connectivity index (χ0v) is 9.81. The number of carbonyl (C=O) groups excluding carboxylic acids is 1. The molecular formula is C12H19N3O. The molecule has 0 saturated carbocycles. The Kier molecular flexibility index (Phi) is 4.92. The third kappa shape index (κ3) is 3.62. The van der Waals surface area contributed by atoms with Gasteiger partial charge in [0.25, 0.3) is 0 Å². The molecule has 0 aliphatic heterocycles. The van der Waals surface area contributed by atoms with Crippen molar-refractivity contribution in [2.24, 2.45) is 5.73 Å². The minimum atomic E-state index is -0.408. The molecule has 1 aromatic heterocycles. The van der Waals surface area contributed by atoms with Gasteiger partial charge in [-0.05, 0) is 31.0 Å². The van der Waals surface area contributed by atoms with Crippen LogP contribution in [0.3, 0.4) is 0 Å². The van der Waals surface area contributed by atoms with Crippen molar-refractivity contribution in [2.45, 2.75) is 38.8 Å². The third-order valence-corrected chi connectivity index (χ3v) is 2.50. The van der Waals surface area contributed by atoms with Gasteiger partial charge in [0.1, 0.15) is 0 Å². The molecule has 1 heterocycles. The summed E-state index contributed by atoms with van der Waals surface area (Å²) in [6.07, 6.45) is 5.06. The molecule has 0 spiro atoms. The molecule has 1 rings (SSSR count). The van der Waals surface area contributed by atoms with Gasteiger partial charge in [-0.25, -0.2) is 0 Å². The molecular weight excluding hydrogens is 202 g/mol. The molecule has 4 nitrogen and oxygen atoms in total. The molecule has 4 heteroatoms. The lowest BCUT2D eigenvalue weighted by atomic mass is 10.1. The summed E-state index contributed by atoms with van der Waals surface area (Å²) in [7, 11) is 0. The number of rotatable bonds is 5. The zero-order chi connectivity index (χ0) is 12.0. The highest BCUT2D eigenvalue weighted by Gasteiger charge is 2.15. The van der Waals surface area contributed by atoms with Crippen molar-refractivity contribution in [3.63, 3.8) is 0 Å². The number of hydrogen-bond donors (Lipinski definition) is 2. The molecule has 0 radical (unpaired) electrons. The second-order valence-corrected chi connectivity index (χ2v) is 3.91.